The highest BCUT2D eigenvalue weighted by Gasteiger charge is 2.29. The number of piperidine rings is 1. The maximum Gasteiger partial charge on any atom is 0.290 e. The van der Waals surface area contributed by atoms with Crippen molar-refractivity contribution in [2.75, 3.05) is 19.7 Å². The molecule has 1 fully saturated rings. The molecule has 0 radical (unpaired) electrons. The van der Waals surface area contributed by atoms with Crippen molar-refractivity contribution < 1.29 is 13.9 Å². The van der Waals surface area contributed by atoms with E-state index in [1.807, 2.05) is 29.2 Å². The van der Waals surface area contributed by atoms with Crippen LogP contribution in [0.2, 0.25) is 0 Å². The number of carbonyl (C=O) groups excluding carboxylic acids is 1. The summed E-state index contributed by atoms with van der Waals surface area (Å²) in [6, 6.07) is 9.59. The van der Waals surface area contributed by atoms with E-state index in [-0.39, 0.29) is 12.0 Å². The summed E-state index contributed by atoms with van der Waals surface area (Å²) in [4.78, 5) is 23.8. The first kappa shape index (κ1) is 19.9. The van der Waals surface area contributed by atoms with Crippen LogP contribution in [0.5, 0.6) is 0 Å². The monoisotopic (exact) mass is 411 g/mol. The first-order valence-corrected chi connectivity index (χ1v) is 11.1. The molecule has 0 saturated carbocycles. The number of likely N-dealkylation sites (tertiary alicyclic amines) is 1. The number of aromatic nitrogens is 2. The lowest BCUT2D eigenvalue weighted by Gasteiger charge is -2.32. The van der Waals surface area contributed by atoms with Crippen molar-refractivity contribution in [2.45, 2.75) is 43.2 Å². The molecule has 6 nitrogen and oxygen atoms in total. The van der Waals surface area contributed by atoms with E-state index >= 15 is 0 Å². The molecule has 2 aromatic heterocycles. The molecule has 0 aliphatic carbocycles. The third-order valence-electron chi connectivity index (χ3n) is 5.00. The van der Waals surface area contributed by atoms with Gasteiger partial charge < -0.3 is 14.1 Å². The second kappa shape index (κ2) is 9.41. The van der Waals surface area contributed by atoms with Crippen LogP contribution in [0.1, 0.15) is 42.3 Å². The summed E-state index contributed by atoms with van der Waals surface area (Å²) in [5.74, 6) is 0.937. The number of fused-ring (bicyclic) bond motifs is 1. The Bertz CT molecular complexity index is 960. The number of thioether (sulfide) groups is 1. The van der Waals surface area contributed by atoms with Gasteiger partial charge in [-0.05, 0) is 31.4 Å². The van der Waals surface area contributed by atoms with Gasteiger partial charge in [0.25, 0.3) is 5.91 Å². The summed E-state index contributed by atoms with van der Waals surface area (Å²) in [6.45, 7) is 4.18. The van der Waals surface area contributed by atoms with Crippen molar-refractivity contribution >= 4 is 28.6 Å². The molecule has 1 saturated heterocycles. The van der Waals surface area contributed by atoms with Gasteiger partial charge in [-0.25, -0.2) is 9.97 Å². The summed E-state index contributed by atoms with van der Waals surface area (Å²) < 4.78 is 11.9. The summed E-state index contributed by atoms with van der Waals surface area (Å²) in [5.41, 5.74) is 1.64. The number of hydrogen-bond acceptors (Lipinski definition) is 6. The van der Waals surface area contributed by atoms with Crippen LogP contribution in [0.25, 0.3) is 11.0 Å². The largest absolute Gasteiger partial charge is 0.451 e. The van der Waals surface area contributed by atoms with Gasteiger partial charge in [0.15, 0.2) is 10.9 Å². The maximum atomic E-state index is 13.4. The van der Waals surface area contributed by atoms with Gasteiger partial charge in [-0.1, -0.05) is 36.9 Å². The van der Waals surface area contributed by atoms with Gasteiger partial charge in [-0.2, -0.15) is 0 Å². The number of ether oxygens (including phenoxy) is 1. The Balaban J connectivity index is 1.58. The fourth-order valence-corrected chi connectivity index (χ4v) is 4.43. The Labute approximate surface area is 174 Å². The van der Waals surface area contributed by atoms with E-state index in [0.29, 0.717) is 23.2 Å². The van der Waals surface area contributed by atoms with Crippen molar-refractivity contribution in [1.82, 2.24) is 14.9 Å². The zero-order valence-corrected chi connectivity index (χ0v) is 17.4. The summed E-state index contributed by atoms with van der Waals surface area (Å²) >= 11 is 1.51. The molecule has 1 amide bonds. The Hall–Kier alpha value is -2.38. The number of para-hydroxylation sites is 1. The number of carbonyl (C=O) groups is 1. The van der Waals surface area contributed by atoms with Gasteiger partial charge >= 0.3 is 0 Å². The van der Waals surface area contributed by atoms with Crippen molar-refractivity contribution in [1.29, 1.82) is 0 Å². The van der Waals surface area contributed by atoms with Gasteiger partial charge in [0.05, 0.1) is 6.10 Å². The zero-order chi connectivity index (χ0) is 20.1. The predicted octanol–water partition coefficient (Wildman–Crippen LogP) is 4.55. The molecular weight excluding hydrogens is 386 g/mol. The Morgan fingerprint density at radius 3 is 2.93 bits per heavy atom. The molecule has 1 aliphatic heterocycles. The van der Waals surface area contributed by atoms with E-state index < -0.39 is 0 Å². The van der Waals surface area contributed by atoms with E-state index in [1.54, 1.807) is 18.5 Å². The minimum Gasteiger partial charge on any atom is -0.451 e. The standard InChI is InChI=1S/C22H25N3O3S/c1-2-13-27-16-7-5-12-25(14-16)21(26)20-18(15-29-22-23-10-6-11-24-22)17-8-3-4-9-19(17)28-20/h3-4,6,8-11,16H,2,5,7,12-15H2,1H3. The molecule has 3 aromatic rings. The summed E-state index contributed by atoms with van der Waals surface area (Å²) in [6.07, 6.45) is 6.47. The SMILES string of the molecule is CCCOC1CCCN(C(=O)c2oc3ccccc3c2CSc2ncccn2)C1. The lowest BCUT2D eigenvalue weighted by atomic mass is 10.1. The Morgan fingerprint density at radius 2 is 2.10 bits per heavy atom. The van der Waals surface area contributed by atoms with Crippen LogP contribution in [0.4, 0.5) is 0 Å². The minimum atomic E-state index is -0.0596. The predicted molar refractivity (Wildman–Crippen MR) is 113 cm³/mol. The average molecular weight is 412 g/mol. The third kappa shape index (κ3) is 4.62. The lowest BCUT2D eigenvalue weighted by Crippen LogP contribution is -2.43. The second-order valence-electron chi connectivity index (χ2n) is 7.11. The van der Waals surface area contributed by atoms with Gasteiger partial charge in [0.2, 0.25) is 0 Å². The molecule has 1 aromatic carbocycles. The average Bonchev–Trinajstić information content (AvgIpc) is 3.15. The van der Waals surface area contributed by atoms with E-state index in [2.05, 4.69) is 16.9 Å². The van der Waals surface area contributed by atoms with Crippen LogP contribution in [0, 0.1) is 0 Å². The molecule has 0 N–H and O–H groups in total. The molecule has 1 atom stereocenters. The maximum absolute atomic E-state index is 13.4. The van der Waals surface area contributed by atoms with E-state index in [1.165, 1.54) is 11.8 Å². The summed E-state index contributed by atoms with van der Waals surface area (Å²) in [5, 5.41) is 1.65. The molecule has 0 bridgehead atoms. The highest BCUT2D eigenvalue weighted by Crippen LogP contribution is 2.32. The molecule has 7 heteroatoms. The number of hydrogen-bond donors (Lipinski definition) is 0. The first-order valence-electron chi connectivity index (χ1n) is 10.1. The number of benzene rings is 1. The van der Waals surface area contributed by atoms with Gasteiger partial charge in [0.1, 0.15) is 5.58 Å². The normalized spacial score (nSPS) is 17.0. The topological polar surface area (TPSA) is 68.5 Å². The molecule has 1 aliphatic rings. The first-order chi connectivity index (χ1) is 14.3. The number of furan rings is 1. The number of rotatable bonds is 7. The molecule has 4 rings (SSSR count). The number of nitrogens with zero attached hydrogens (tertiary/aromatic N) is 3. The van der Waals surface area contributed by atoms with Crippen LogP contribution in [0.3, 0.4) is 0 Å². The van der Waals surface area contributed by atoms with E-state index in [0.717, 1.165) is 48.9 Å². The highest BCUT2D eigenvalue weighted by atomic mass is 32.2. The minimum absolute atomic E-state index is 0.0596. The molecule has 152 valence electrons. The molecule has 3 heterocycles. The fourth-order valence-electron chi connectivity index (χ4n) is 3.60. The van der Waals surface area contributed by atoms with Crippen LogP contribution in [-0.2, 0) is 10.5 Å². The fraction of sp³-hybridized carbons (Fsp3) is 0.409. The molecule has 0 spiro atoms. The van der Waals surface area contributed by atoms with Crippen LogP contribution in [-0.4, -0.2) is 46.6 Å². The van der Waals surface area contributed by atoms with Gasteiger partial charge in [-0.15, -0.1) is 0 Å². The number of amides is 1. The molecule has 29 heavy (non-hydrogen) atoms. The van der Waals surface area contributed by atoms with Crippen LogP contribution in [0.15, 0.2) is 52.3 Å². The van der Waals surface area contributed by atoms with Crippen molar-refractivity contribution in [3.05, 3.63) is 54.0 Å². The Kier molecular flexibility index (Phi) is 6.46. The van der Waals surface area contributed by atoms with Crippen molar-refractivity contribution in [3.8, 4) is 0 Å². The van der Waals surface area contributed by atoms with Gasteiger partial charge in [-0.3, -0.25) is 4.79 Å². The van der Waals surface area contributed by atoms with Gasteiger partial charge in [0, 0.05) is 48.8 Å². The second-order valence-corrected chi connectivity index (χ2v) is 8.05. The highest BCUT2D eigenvalue weighted by molar-refractivity contribution is 7.98. The molecule has 1 unspecified atom stereocenters. The zero-order valence-electron chi connectivity index (χ0n) is 16.5. The quantitative estimate of drug-likeness (QED) is 0.420. The lowest BCUT2D eigenvalue weighted by molar-refractivity contribution is 0.00118. The van der Waals surface area contributed by atoms with Crippen LogP contribution < -0.4 is 0 Å². The van der Waals surface area contributed by atoms with E-state index in [4.69, 9.17) is 9.15 Å². The summed E-state index contributed by atoms with van der Waals surface area (Å²) in [7, 11) is 0. The van der Waals surface area contributed by atoms with Crippen molar-refractivity contribution in [2.24, 2.45) is 0 Å². The van der Waals surface area contributed by atoms with E-state index in [9.17, 15) is 4.79 Å². The van der Waals surface area contributed by atoms with Crippen LogP contribution >= 0.6 is 11.8 Å². The van der Waals surface area contributed by atoms with Crippen molar-refractivity contribution in [3.63, 3.8) is 0 Å². The smallest absolute Gasteiger partial charge is 0.290 e. The third-order valence-corrected chi connectivity index (χ3v) is 5.91. The Morgan fingerprint density at radius 1 is 1.28 bits per heavy atom. The molecular formula is C22H25N3O3S.